The van der Waals surface area contributed by atoms with Crippen LogP contribution in [0.4, 0.5) is 0 Å². The summed E-state index contributed by atoms with van der Waals surface area (Å²) in [6, 6.07) is 11.2. The van der Waals surface area contributed by atoms with Crippen LogP contribution in [-0.4, -0.2) is 33.1 Å². The number of aromatic nitrogens is 3. The molecule has 0 fully saturated rings. The lowest BCUT2D eigenvalue weighted by atomic mass is 10.2. The van der Waals surface area contributed by atoms with Gasteiger partial charge in [0.25, 0.3) is 5.91 Å². The molecular weight excluding hydrogens is 304 g/mol. The quantitative estimate of drug-likeness (QED) is 0.756. The van der Waals surface area contributed by atoms with Crippen molar-refractivity contribution in [2.75, 3.05) is 6.61 Å². The Morgan fingerprint density at radius 1 is 1.29 bits per heavy atom. The summed E-state index contributed by atoms with van der Waals surface area (Å²) >= 11 is 0. The first-order valence-electron chi connectivity index (χ1n) is 7.93. The summed E-state index contributed by atoms with van der Waals surface area (Å²) in [5.74, 6) is 0.625. The maximum atomic E-state index is 12.4. The number of benzene rings is 1. The molecule has 0 spiro atoms. The molecule has 1 atom stereocenters. The molecule has 24 heavy (non-hydrogen) atoms. The van der Waals surface area contributed by atoms with Gasteiger partial charge in [0.1, 0.15) is 17.9 Å². The van der Waals surface area contributed by atoms with Gasteiger partial charge in [-0.1, -0.05) is 25.1 Å². The van der Waals surface area contributed by atoms with Crippen molar-refractivity contribution in [2.45, 2.75) is 19.4 Å². The molecule has 0 saturated heterocycles. The normalized spacial score (nSPS) is 12.1. The third-order valence-corrected chi connectivity index (χ3v) is 3.84. The lowest BCUT2D eigenvalue weighted by Gasteiger charge is -2.17. The fourth-order valence-electron chi connectivity index (χ4n) is 2.38. The molecule has 1 amide bonds. The molecule has 6 nitrogen and oxygen atoms in total. The Bertz CT molecular complexity index is 829. The van der Waals surface area contributed by atoms with Crippen LogP contribution < -0.4 is 10.1 Å². The zero-order chi connectivity index (χ0) is 16.9. The van der Waals surface area contributed by atoms with Crippen LogP contribution in [-0.2, 0) is 7.05 Å². The monoisotopic (exact) mass is 324 g/mol. The lowest BCUT2D eigenvalue weighted by molar-refractivity contribution is 0.0920. The first kappa shape index (κ1) is 16.0. The number of nitrogens with one attached hydrogen (secondary N) is 1. The van der Waals surface area contributed by atoms with Gasteiger partial charge >= 0.3 is 0 Å². The van der Waals surface area contributed by atoms with E-state index < -0.39 is 0 Å². The molecule has 0 aliphatic rings. The van der Waals surface area contributed by atoms with E-state index in [4.69, 9.17) is 4.74 Å². The molecular formula is C18H20N4O2. The summed E-state index contributed by atoms with van der Waals surface area (Å²) in [6.07, 6.45) is 4.03. The summed E-state index contributed by atoms with van der Waals surface area (Å²) in [5.41, 5.74) is 1.96. The highest BCUT2D eigenvalue weighted by atomic mass is 16.5. The number of hydrogen-bond acceptors (Lipinski definition) is 4. The minimum Gasteiger partial charge on any atom is -0.491 e. The van der Waals surface area contributed by atoms with E-state index in [0.29, 0.717) is 17.7 Å². The molecule has 3 aromatic rings. The third-order valence-electron chi connectivity index (χ3n) is 3.84. The number of carbonyl (C=O) groups is 1. The van der Waals surface area contributed by atoms with Crippen LogP contribution in [0.15, 0.2) is 48.9 Å². The first-order chi connectivity index (χ1) is 11.7. The van der Waals surface area contributed by atoms with Crippen LogP contribution in [0.2, 0.25) is 0 Å². The Labute approximate surface area is 140 Å². The van der Waals surface area contributed by atoms with E-state index in [1.165, 1.54) is 0 Å². The van der Waals surface area contributed by atoms with E-state index in [9.17, 15) is 4.79 Å². The third kappa shape index (κ3) is 3.53. The molecule has 0 bridgehead atoms. The number of ether oxygens (including phenoxy) is 1. The number of fused-ring (bicyclic) bond motifs is 1. The number of amides is 1. The van der Waals surface area contributed by atoms with Gasteiger partial charge in [0.05, 0.1) is 17.9 Å². The van der Waals surface area contributed by atoms with Crippen LogP contribution in [0, 0.1) is 0 Å². The highest BCUT2D eigenvalue weighted by Crippen LogP contribution is 2.12. The maximum absolute atomic E-state index is 12.4. The fraction of sp³-hybridized carbons (Fsp3) is 0.278. The predicted molar refractivity (Wildman–Crippen MR) is 92.0 cm³/mol. The number of aryl methyl sites for hydroxylation is 1. The Morgan fingerprint density at radius 2 is 2.08 bits per heavy atom. The van der Waals surface area contributed by atoms with E-state index in [1.54, 1.807) is 18.6 Å². The van der Waals surface area contributed by atoms with E-state index >= 15 is 0 Å². The second-order valence-corrected chi connectivity index (χ2v) is 5.62. The van der Waals surface area contributed by atoms with Gasteiger partial charge in [0, 0.05) is 13.2 Å². The molecule has 124 valence electrons. The Morgan fingerprint density at radius 3 is 2.83 bits per heavy atom. The van der Waals surface area contributed by atoms with Crippen molar-refractivity contribution in [2.24, 2.45) is 7.05 Å². The highest BCUT2D eigenvalue weighted by Gasteiger charge is 2.14. The molecule has 6 heteroatoms. The summed E-state index contributed by atoms with van der Waals surface area (Å²) in [7, 11) is 1.87. The number of pyridine rings is 1. The largest absolute Gasteiger partial charge is 0.491 e. The molecule has 0 aliphatic carbocycles. The molecule has 1 N–H and O–H groups in total. The Hall–Kier alpha value is -2.89. The van der Waals surface area contributed by atoms with Gasteiger partial charge in [-0.3, -0.25) is 4.79 Å². The number of imidazole rings is 1. The zero-order valence-electron chi connectivity index (χ0n) is 13.8. The Kier molecular flexibility index (Phi) is 4.74. The summed E-state index contributed by atoms with van der Waals surface area (Å²) in [5, 5.41) is 2.99. The molecule has 3 rings (SSSR count). The van der Waals surface area contributed by atoms with Gasteiger partial charge in [-0.2, -0.15) is 0 Å². The van der Waals surface area contributed by atoms with Crippen LogP contribution in [0.1, 0.15) is 23.7 Å². The number of para-hydroxylation sites is 1. The summed E-state index contributed by atoms with van der Waals surface area (Å²) < 4.78 is 7.54. The number of nitrogens with zero attached hydrogens (tertiary/aromatic N) is 3. The van der Waals surface area contributed by atoms with Gasteiger partial charge in [0.2, 0.25) is 0 Å². The zero-order valence-corrected chi connectivity index (χ0v) is 13.8. The fourth-order valence-corrected chi connectivity index (χ4v) is 2.38. The molecule has 0 aliphatic heterocycles. The number of rotatable bonds is 6. The summed E-state index contributed by atoms with van der Waals surface area (Å²) in [6.45, 7) is 2.44. The molecule has 0 saturated carbocycles. The van der Waals surface area contributed by atoms with Gasteiger partial charge in [-0.25, -0.2) is 9.97 Å². The lowest BCUT2D eigenvalue weighted by Crippen LogP contribution is -2.38. The van der Waals surface area contributed by atoms with Crippen LogP contribution >= 0.6 is 0 Å². The minimum absolute atomic E-state index is 0.0721. The van der Waals surface area contributed by atoms with Gasteiger partial charge in [-0.05, 0) is 24.6 Å². The van der Waals surface area contributed by atoms with Crippen LogP contribution in [0.5, 0.6) is 5.75 Å². The summed E-state index contributed by atoms with van der Waals surface area (Å²) in [4.78, 5) is 21.0. The van der Waals surface area contributed by atoms with Crippen molar-refractivity contribution < 1.29 is 9.53 Å². The van der Waals surface area contributed by atoms with E-state index in [-0.39, 0.29) is 11.9 Å². The Balaban J connectivity index is 1.64. The van der Waals surface area contributed by atoms with E-state index in [2.05, 4.69) is 15.3 Å². The van der Waals surface area contributed by atoms with Gasteiger partial charge in [-0.15, -0.1) is 0 Å². The number of hydrogen-bond donors (Lipinski definition) is 1. The van der Waals surface area contributed by atoms with Gasteiger partial charge in [0.15, 0.2) is 5.65 Å². The average molecular weight is 324 g/mol. The molecule has 1 aromatic carbocycles. The van der Waals surface area contributed by atoms with E-state index in [0.717, 1.165) is 17.8 Å². The first-order valence-corrected chi connectivity index (χ1v) is 7.93. The topological polar surface area (TPSA) is 69.0 Å². The minimum atomic E-state index is -0.168. The molecule has 0 unspecified atom stereocenters. The van der Waals surface area contributed by atoms with E-state index in [1.807, 2.05) is 48.9 Å². The average Bonchev–Trinajstić information content (AvgIpc) is 2.99. The smallest absolute Gasteiger partial charge is 0.253 e. The standard InChI is InChI=1S/C18H20N4O2/c1-3-14(11-24-15-7-5-4-6-8-15)21-18(23)13-9-16-17(19-10-13)22(2)12-20-16/h4-10,12,14H,3,11H2,1-2H3,(H,21,23)/t14-/m1/s1. The van der Waals surface area contributed by atoms with Crippen LogP contribution in [0.25, 0.3) is 11.2 Å². The SMILES string of the molecule is CC[C@H](COc1ccccc1)NC(=O)c1cnc2c(c1)ncn2C. The van der Waals surface area contributed by atoms with Crippen molar-refractivity contribution in [3.63, 3.8) is 0 Å². The highest BCUT2D eigenvalue weighted by molar-refractivity contribution is 5.96. The van der Waals surface area contributed by atoms with Crippen molar-refractivity contribution in [1.82, 2.24) is 19.9 Å². The van der Waals surface area contributed by atoms with Crippen LogP contribution in [0.3, 0.4) is 0 Å². The van der Waals surface area contributed by atoms with Crippen molar-refractivity contribution in [3.05, 3.63) is 54.5 Å². The van der Waals surface area contributed by atoms with Crippen molar-refractivity contribution in [1.29, 1.82) is 0 Å². The van der Waals surface area contributed by atoms with Crippen molar-refractivity contribution >= 4 is 17.1 Å². The van der Waals surface area contributed by atoms with Gasteiger partial charge < -0.3 is 14.6 Å². The van der Waals surface area contributed by atoms with Crippen molar-refractivity contribution in [3.8, 4) is 5.75 Å². The molecule has 0 radical (unpaired) electrons. The second kappa shape index (κ2) is 7.12. The number of carbonyl (C=O) groups excluding carboxylic acids is 1. The predicted octanol–water partition coefficient (Wildman–Crippen LogP) is 2.56. The maximum Gasteiger partial charge on any atom is 0.253 e. The molecule has 2 aromatic heterocycles. The molecule has 2 heterocycles. The second-order valence-electron chi connectivity index (χ2n) is 5.62.